The van der Waals surface area contributed by atoms with E-state index in [4.69, 9.17) is 5.26 Å². The average molecular weight is 136 g/mol. The molecule has 1 aliphatic rings. The van der Waals surface area contributed by atoms with Crippen LogP contribution in [-0.4, -0.2) is 12.1 Å². The Morgan fingerprint density at radius 1 is 1.80 bits per heavy atom. The van der Waals surface area contributed by atoms with Gasteiger partial charge in [-0.15, -0.1) is 0 Å². The lowest BCUT2D eigenvalue weighted by Crippen LogP contribution is -2.29. The maximum Gasteiger partial charge on any atom is 0.117 e. The van der Waals surface area contributed by atoms with Crippen molar-refractivity contribution in [3.05, 3.63) is 12.2 Å². The van der Waals surface area contributed by atoms with Gasteiger partial charge in [-0.1, -0.05) is 6.58 Å². The Morgan fingerprint density at radius 3 is 2.70 bits per heavy atom. The molecule has 54 valence electrons. The number of nitrogens with one attached hydrogen (secondary N) is 1. The van der Waals surface area contributed by atoms with Crippen LogP contribution in [0.1, 0.15) is 19.8 Å². The Bertz CT molecular complexity index is 174. The second-order valence-electron chi connectivity index (χ2n) is 2.85. The van der Waals surface area contributed by atoms with Gasteiger partial charge in [0.1, 0.15) is 6.04 Å². The Morgan fingerprint density at radius 2 is 2.40 bits per heavy atom. The van der Waals surface area contributed by atoms with Crippen molar-refractivity contribution < 1.29 is 0 Å². The summed E-state index contributed by atoms with van der Waals surface area (Å²) in [6.07, 6.45) is 2.43. The van der Waals surface area contributed by atoms with Gasteiger partial charge in [0, 0.05) is 6.04 Å². The van der Waals surface area contributed by atoms with Crippen LogP contribution < -0.4 is 5.32 Å². The van der Waals surface area contributed by atoms with Crippen LogP contribution >= 0.6 is 0 Å². The molecule has 0 aliphatic heterocycles. The van der Waals surface area contributed by atoms with Crippen molar-refractivity contribution in [2.75, 3.05) is 0 Å². The van der Waals surface area contributed by atoms with E-state index in [-0.39, 0.29) is 6.04 Å². The van der Waals surface area contributed by atoms with Crippen molar-refractivity contribution >= 4 is 0 Å². The van der Waals surface area contributed by atoms with Gasteiger partial charge >= 0.3 is 0 Å². The molecule has 1 atom stereocenters. The Labute approximate surface area is 61.5 Å². The highest BCUT2D eigenvalue weighted by molar-refractivity contribution is 5.14. The van der Waals surface area contributed by atoms with Gasteiger partial charge in [-0.2, -0.15) is 5.26 Å². The third-order valence-electron chi connectivity index (χ3n) is 1.60. The number of nitriles is 1. The molecular formula is C8H12N2. The van der Waals surface area contributed by atoms with Crippen LogP contribution in [0, 0.1) is 11.3 Å². The third kappa shape index (κ3) is 1.85. The molecule has 1 saturated carbocycles. The minimum absolute atomic E-state index is 0.132. The summed E-state index contributed by atoms with van der Waals surface area (Å²) >= 11 is 0. The van der Waals surface area contributed by atoms with Gasteiger partial charge in [-0.25, -0.2) is 0 Å². The molecular weight excluding hydrogens is 124 g/mol. The van der Waals surface area contributed by atoms with E-state index in [0.717, 1.165) is 5.57 Å². The van der Waals surface area contributed by atoms with Crippen LogP contribution in [-0.2, 0) is 0 Å². The van der Waals surface area contributed by atoms with Crippen LogP contribution in [0.5, 0.6) is 0 Å². The molecule has 1 fully saturated rings. The first-order valence-corrected chi connectivity index (χ1v) is 3.55. The zero-order chi connectivity index (χ0) is 7.56. The Hall–Kier alpha value is -0.810. The van der Waals surface area contributed by atoms with Gasteiger partial charge in [0.25, 0.3) is 0 Å². The molecule has 1 rings (SSSR count). The lowest BCUT2D eigenvalue weighted by atomic mass is 10.2. The van der Waals surface area contributed by atoms with E-state index >= 15 is 0 Å². The monoisotopic (exact) mass is 136 g/mol. The quantitative estimate of drug-likeness (QED) is 0.592. The molecule has 1 N–H and O–H groups in total. The molecule has 0 heterocycles. The summed E-state index contributed by atoms with van der Waals surface area (Å²) in [5.41, 5.74) is 0.911. The lowest BCUT2D eigenvalue weighted by Gasteiger charge is -2.08. The summed E-state index contributed by atoms with van der Waals surface area (Å²) in [6.45, 7) is 5.60. The van der Waals surface area contributed by atoms with Crippen molar-refractivity contribution in [3.63, 3.8) is 0 Å². The molecule has 0 aromatic heterocycles. The zero-order valence-electron chi connectivity index (χ0n) is 6.22. The van der Waals surface area contributed by atoms with Crippen LogP contribution in [0.25, 0.3) is 0 Å². The smallest absolute Gasteiger partial charge is 0.117 e. The molecule has 2 heteroatoms. The highest BCUT2D eigenvalue weighted by Gasteiger charge is 2.24. The van der Waals surface area contributed by atoms with E-state index in [2.05, 4.69) is 18.0 Å². The molecule has 1 unspecified atom stereocenters. The van der Waals surface area contributed by atoms with Gasteiger partial charge in [-0.05, 0) is 25.3 Å². The fourth-order valence-corrected chi connectivity index (χ4v) is 0.775. The molecule has 0 bridgehead atoms. The van der Waals surface area contributed by atoms with Gasteiger partial charge in [0.2, 0.25) is 0 Å². The molecule has 0 saturated heterocycles. The largest absolute Gasteiger partial charge is 0.296 e. The first-order valence-electron chi connectivity index (χ1n) is 3.55. The van der Waals surface area contributed by atoms with Crippen molar-refractivity contribution in [1.82, 2.24) is 5.32 Å². The average Bonchev–Trinajstić information content (AvgIpc) is 2.64. The van der Waals surface area contributed by atoms with E-state index in [9.17, 15) is 0 Å². The number of hydrogen-bond acceptors (Lipinski definition) is 2. The lowest BCUT2D eigenvalue weighted by molar-refractivity contribution is 0.656. The van der Waals surface area contributed by atoms with Gasteiger partial charge in [0.15, 0.2) is 0 Å². The molecule has 2 nitrogen and oxygen atoms in total. The maximum absolute atomic E-state index is 8.60. The van der Waals surface area contributed by atoms with E-state index < -0.39 is 0 Å². The topological polar surface area (TPSA) is 35.8 Å². The standard InChI is InChI=1S/C8H12N2/c1-6(2)8(5-9)10-7-3-4-7/h7-8,10H,1,3-4H2,2H3. The van der Waals surface area contributed by atoms with Crippen LogP contribution in [0.2, 0.25) is 0 Å². The summed E-state index contributed by atoms with van der Waals surface area (Å²) in [5, 5.41) is 11.8. The summed E-state index contributed by atoms with van der Waals surface area (Å²) < 4.78 is 0. The molecule has 0 aromatic rings. The fourth-order valence-electron chi connectivity index (χ4n) is 0.775. The minimum atomic E-state index is -0.132. The predicted molar refractivity (Wildman–Crippen MR) is 40.4 cm³/mol. The second kappa shape index (κ2) is 2.85. The van der Waals surface area contributed by atoms with Crippen LogP contribution in [0.3, 0.4) is 0 Å². The van der Waals surface area contributed by atoms with E-state index in [0.29, 0.717) is 6.04 Å². The molecule has 0 amide bonds. The van der Waals surface area contributed by atoms with E-state index in [1.165, 1.54) is 12.8 Å². The molecule has 0 spiro atoms. The van der Waals surface area contributed by atoms with Crippen molar-refractivity contribution in [1.29, 1.82) is 5.26 Å². The van der Waals surface area contributed by atoms with Crippen molar-refractivity contribution in [2.45, 2.75) is 31.8 Å². The summed E-state index contributed by atoms with van der Waals surface area (Å²) in [5.74, 6) is 0. The minimum Gasteiger partial charge on any atom is -0.296 e. The van der Waals surface area contributed by atoms with Crippen molar-refractivity contribution in [2.24, 2.45) is 0 Å². The van der Waals surface area contributed by atoms with Crippen molar-refractivity contribution in [3.8, 4) is 6.07 Å². The summed E-state index contributed by atoms with van der Waals surface area (Å²) in [6, 6.07) is 2.61. The first-order chi connectivity index (χ1) is 4.74. The Balaban J connectivity index is 2.33. The van der Waals surface area contributed by atoms with Crippen LogP contribution in [0.15, 0.2) is 12.2 Å². The van der Waals surface area contributed by atoms with Gasteiger partial charge in [-0.3, -0.25) is 5.32 Å². The number of hydrogen-bond donors (Lipinski definition) is 1. The molecule has 0 radical (unpaired) electrons. The normalized spacial score (nSPS) is 19.6. The molecule has 1 aliphatic carbocycles. The maximum atomic E-state index is 8.60. The molecule has 10 heavy (non-hydrogen) atoms. The number of rotatable bonds is 3. The predicted octanol–water partition coefficient (Wildman–Crippen LogP) is 1.21. The molecule has 0 aromatic carbocycles. The summed E-state index contributed by atoms with van der Waals surface area (Å²) in [7, 11) is 0. The van der Waals surface area contributed by atoms with E-state index in [1.807, 2.05) is 6.92 Å². The fraction of sp³-hybridized carbons (Fsp3) is 0.625. The summed E-state index contributed by atoms with van der Waals surface area (Å²) in [4.78, 5) is 0. The van der Waals surface area contributed by atoms with E-state index in [1.54, 1.807) is 0 Å². The third-order valence-corrected chi connectivity index (χ3v) is 1.60. The highest BCUT2D eigenvalue weighted by atomic mass is 15.0. The van der Waals surface area contributed by atoms with Gasteiger partial charge < -0.3 is 0 Å². The second-order valence-corrected chi connectivity index (χ2v) is 2.85. The van der Waals surface area contributed by atoms with Crippen LogP contribution in [0.4, 0.5) is 0 Å². The number of nitrogens with zero attached hydrogens (tertiary/aromatic N) is 1. The zero-order valence-corrected chi connectivity index (χ0v) is 6.22. The highest BCUT2D eigenvalue weighted by Crippen LogP contribution is 2.20. The first kappa shape index (κ1) is 7.30. The van der Waals surface area contributed by atoms with Gasteiger partial charge in [0.05, 0.1) is 6.07 Å². The Kier molecular flexibility index (Phi) is 2.08. The SMILES string of the molecule is C=C(C)C(C#N)NC1CC1.